The van der Waals surface area contributed by atoms with Crippen LogP contribution in [-0.2, 0) is 4.74 Å². The number of aromatic carboxylic acids is 1. The minimum absolute atomic E-state index is 0.0256. The Kier molecular flexibility index (Phi) is 5.20. The number of para-hydroxylation sites is 1. The lowest BCUT2D eigenvalue weighted by molar-refractivity contribution is -0.0566. The normalized spacial score (nSPS) is 19.7. The maximum Gasteiger partial charge on any atom is 0.339 e. The van der Waals surface area contributed by atoms with Crippen LogP contribution >= 0.6 is 0 Å². The van der Waals surface area contributed by atoms with E-state index in [1.54, 1.807) is 12.1 Å². The molecule has 0 spiro atoms. The Labute approximate surface area is 125 Å². The third-order valence-electron chi connectivity index (χ3n) is 3.76. The second-order valence-electron chi connectivity index (χ2n) is 5.65. The van der Waals surface area contributed by atoms with Crippen molar-refractivity contribution in [2.75, 3.05) is 26.3 Å². The van der Waals surface area contributed by atoms with E-state index in [1.807, 2.05) is 13.0 Å². The van der Waals surface area contributed by atoms with E-state index >= 15 is 0 Å². The summed E-state index contributed by atoms with van der Waals surface area (Å²) in [6, 6.07) is 5.62. The molecule has 1 aromatic rings. The molecule has 1 heterocycles. The summed E-state index contributed by atoms with van der Waals surface area (Å²) in [5.41, 5.74) is 1.03. The molecule has 1 saturated heterocycles. The molecule has 2 rings (SSSR count). The van der Waals surface area contributed by atoms with Crippen molar-refractivity contribution in [1.82, 2.24) is 4.90 Å². The Morgan fingerprint density at radius 1 is 1.52 bits per heavy atom. The van der Waals surface area contributed by atoms with Crippen molar-refractivity contribution in [3.05, 3.63) is 29.3 Å². The first kappa shape index (κ1) is 15.8. The van der Waals surface area contributed by atoms with Gasteiger partial charge in [0.05, 0.1) is 6.61 Å². The first-order chi connectivity index (χ1) is 9.99. The number of carbonyl (C=O) groups is 1. The molecule has 1 aliphatic heterocycles. The van der Waals surface area contributed by atoms with Crippen molar-refractivity contribution in [2.45, 2.75) is 32.9 Å². The molecule has 0 aliphatic carbocycles. The first-order valence-electron chi connectivity index (χ1n) is 7.30. The second kappa shape index (κ2) is 6.91. The van der Waals surface area contributed by atoms with Crippen molar-refractivity contribution in [3.63, 3.8) is 0 Å². The monoisotopic (exact) mass is 293 g/mol. The standard InChI is InChI=1S/C16H23NO4/c1-11(2)17-7-8-20-13(9-17)10-21-15-12(3)5-4-6-14(15)16(18)19/h4-6,11,13H,7-10H2,1-3H3,(H,18,19). The van der Waals surface area contributed by atoms with Gasteiger partial charge < -0.3 is 14.6 Å². The van der Waals surface area contributed by atoms with Crippen LogP contribution in [-0.4, -0.2) is 54.4 Å². The van der Waals surface area contributed by atoms with Gasteiger partial charge in [-0.05, 0) is 32.4 Å². The van der Waals surface area contributed by atoms with Gasteiger partial charge in [0.1, 0.15) is 24.0 Å². The summed E-state index contributed by atoms with van der Waals surface area (Å²) >= 11 is 0. The molecule has 0 bridgehead atoms. The summed E-state index contributed by atoms with van der Waals surface area (Å²) in [6.07, 6.45) is -0.0256. The number of carboxylic acids is 1. The van der Waals surface area contributed by atoms with Crippen LogP contribution in [0.25, 0.3) is 0 Å². The van der Waals surface area contributed by atoms with Gasteiger partial charge in [-0.3, -0.25) is 4.90 Å². The van der Waals surface area contributed by atoms with Crippen LogP contribution in [0.15, 0.2) is 18.2 Å². The molecule has 1 aliphatic rings. The SMILES string of the molecule is Cc1cccc(C(=O)O)c1OCC1CN(C(C)C)CCO1. The van der Waals surface area contributed by atoms with Crippen LogP contribution in [0.1, 0.15) is 29.8 Å². The highest BCUT2D eigenvalue weighted by molar-refractivity contribution is 5.91. The van der Waals surface area contributed by atoms with E-state index in [-0.39, 0.29) is 11.7 Å². The summed E-state index contributed by atoms with van der Waals surface area (Å²) in [7, 11) is 0. The third kappa shape index (κ3) is 3.95. The lowest BCUT2D eigenvalue weighted by atomic mass is 10.1. The molecule has 0 amide bonds. The maximum absolute atomic E-state index is 11.2. The van der Waals surface area contributed by atoms with Gasteiger partial charge in [-0.2, -0.15) is 0 Å². The molecule has 1 atom stereocenters. The molecule has 0 saturated carbocycles. The summed E-state index contributed by atoms with van der Waals surface area (Å²) in [4.78, 5) is 13.6. The molecular formula is C16H23NO4. The Morgan fingerprint density at radius 2 is 2.29 bits per heavy atom. The summed E-state index contributed by atoms with van der Waals surface area (Å²) < 4.78 is 11.5. The molecule has 1 N–H and O–H groups in total. The molecule has 1 unspecified atom stereocenters. The summed E-state index contributed by atoms with van der Waals surface area (Å²) in [5.74, 6) is -0.530. The molecule has 0 radical (unpaired) electrons. The van der Waals surface area contributed by atoms with Gasteiger partial charge in [-0.15, -0.1) is 0 Å². The van der Waals surface area contributed by atoms with Gasteiger partial charge >= 0.3 is 5.97 Å². The number of rotatable bonds is 5. The molecule has 5 heteroatoms. The quantitative estimate of drug-likeness (QED) is 0.901. The number of hydrogen-bond donors (Lipinski definition) is 1. The number of hydrogen-bond acceptors (Lipinski definition) is 4. The van der Waals surface area contributed by atoms with Gasteiger partial charge in [-0.1, -0.05) is 12.1 Å². The number of morpholine rings is 1. The summed E-state index contributed by atoms with van der Waals surface area (Å²) in [5, 5.41) is 9.22. The van der Waals surface area contributed by atoms with E-state index in [2.05, 4.69) is 18.7 Å². The van der Waals surface area contributed by atoms with E-state index in [9.17, 15) is 9.90 Å². The molecule has 0 aromatic heterocycles. The zero-order chi connectivity index (χ0) is 15.4. The number of nitrogens with zero attached hydrogens (tertiary/aromatic N) is 1. The third-order valence-corrected chi connectivity index (χ3v) is 3.76. The summed E-state index contributed by atoms with van der Waals surface area (Å²) in [6.45, 7) is 8.97. The van der Waals surface area contributed by atoms with Gasteiger partial charge in [-0.25, -0.2) is 4.79 Å². The van der Waals surface area contributed by atoms with Crippen LogP contribution in [0, 0.1) is 6.92 Å². The lowest BCUT2D eigenvalue weighted by Crippen LogP contribution is -2.47. The van der Waals surface area contributed by atoms with Crippen molar-refractivity contribution < 1.29 is 19.4 Å². The van der Waals surface area contributed by atoms with Crippen LogP contribution in [0.2, 0.25) is 0 Å². The van der Waals surface area contributed by atoms with Gasteiger partial charge in [0.25, 0.3) is 0 Å². The first-order valence-corrected chi connectivity index (χ1v) is 7.30. The van der Waals surface area contributed by atoms with Crippen LogP contribution < -0.4 is 4.74 Å². The van der Waals surface area contributed by atoms with E-state index in [1.165, 1.54) is 0 Å². The lowest BCUT2D eigenvalue weighted by Gasteiger charge is -2.35. The average molecular weight is 293 g/mol. The largest absolute Gasteiger partial charge is 0.490 e. The molecule has 116 valence electrons. The fourth-order valence-corrected chi connectivity index (χ4v) is 2.50. The van der Waals surface area contributed by atoms with Crippen LogP contribution in [0.4, 0.5) is 0 Å². The van der Waals surface area contributed by atoms with Crippen molar-refractivity contribution in [3.8, 4) is 5.75 Å². The van der Waals surface area contributed by atoms with Crippen LogP contribution in [0.5, 0.6) is 5.75 Å². The van der Waals surface area contributed by atoms with E-state index in [4.69, 9.17) is 9.47 Å². The molecule has 1 fully saturated rings. The van der Waals surface area contributed by atoms with Crippen LogP contribution in [0.3, 0.4) is 0 Å². The zero-order valence-corrected chi connectivity index (χ0v) is 12.8. The topological polar surface area (TPSA) is 59.0 Å². The predicted octanol–water partition coefficient (Wildman–Crippen LogP) is 2.18. The van der Waals surface area contributed by atoms with E-state index in [0.29, 0.717) is 25.0 Å². The van der Waals surface area contributed by atoms with Gasteiger partial charge in [0, 0.05) is 19.1 Å². The average Bonchev–Trinajstić information content (AvgIpc) is 2.46. The second-order valence-corrected chi connectivity index (χ2v) is 5.65. The van der Waals surface area contributed by atoms with Crippen molar-refractivity contribution in [2.24, 2.45) is 0 Å². The highest BCUT2D eigenvalue weighted by atomic mass is 16.5. The smallest absolute Gasteiger partial charge is 0.339 e. The van der Waals surface area contributed by atoms with Crippen molar-refractivity contribution >= 4 is 5.97 Å². The van der Waals surface area contributed by atoms with Gasteiger partial charge in [0.15, 0.2) is 0 Å². The number of ether oxygens (including phenoxy) is 2. The zero-order valence-electron chi connectivity index (χ0n) is 12.8. The Bertz CT molecular complexity index is 501. The Morgan fingerprint density at radius 3 is 2.95 bits per heavy atom. The number of carboxylic acid groups (broad SMARTS) is 1. The highest BCUT2D eigenvalue weighted by Gasteiger charge is 2.23. The fraction of sp³-hybridized carbons (Fsp3) is 0.562. The van der Waals surface area contributed by atoms with Crippen molar-refractivity contribution in [1.29, 1.82) is 0 Å². The van der Waals surface area contributed by atoms with Gasteiger partial charge in [0.2, 0.25) is 0 Å². The number of benzene rings is 1. The Balaban J connectivity index is 2.01. The fourth-order valence-electron chi connectivity index (χ4n) is 2.50. The van der Waals surface area contributed by atoms with E-state index < -0.39 is 5.97 Å². The highest BCUT2D eigenvalue weighted by Crippen LogP contribution is 2.24. The molecule has 21 heavy (non-hydrogen) atoms. The maximum atomic E-state index is 11.2. The minimum Gasteiger partial charge on any atom is -0.490 e. The number of aryl methyl sites for hydroxylation is 1. The molecule has 5 nitrogen and oxygen atoms in total. The molecule has 1 aromatic carbocycles. The Hall–Kier alpha value is -1.59. The predicted molar refractivity (Wildman–Crippen MR) is 80.1 cm³/mol. The molecular weight excluding hydrogens is 270 g/mol. The van der Waals surface area contributed by atoms with E-state index in [0.717, 1.165) is 18.7 Å². The minimum atomic E-state index is -0.970.